The Balaban J connectivity index is 2.56. The summed E-state index contributed by atoms with van der Waals surface area (Å²) in [5.41, 5.74) is 0. The number of methoxy groups -OCH3 is 1. The maximum absolute atomic E-state index is 8.93. The van der Waals surface area contributed by atoms with Gasteiger partial charge in [0, 0.05) is 24.6 Å². The van der Waals surface area contributed by atoms with Crippen LogP contribution >= 0.6 is 11.9 Å². The predicted octanol–water partition coefficient (Wildman–Crippen LogP) is 3.04. The first-order valence-corrected chi connectivity index (χ1v) is 7.11. The first kappa shape index (κ1) is 15.3. The van der Waals surface area contributed by atoms with Crippen LogP contribution in [0.25, 0.3) is 0 Å². The Bertz CT molecular complexity index is 327. The fourth-order valence-corrected chi connectivity index (χ4v) is 2.76. The number of ether oxygens (including phenoxy) is 1. The molecule has 0 saturated carbocycles. The van der Waals surface area contributed by atoms with Crippen molar-refractivity contribution in [3.05, 3.63) is 24.3 Å². The molecule has 1 aromatic rings. The highest BCUT2D eigenvalue weighted by molar-refractivity contribution is 7.97. The van der Waals surface area contributed by atoms with E-state index in [4.69, 9.17) is 9.84 Å². The predicted molar refractivity (Wildman–Crippen MR) is 77.0 cm³/mol. The molecular formula is C14H23NO2S. The van der Waals surface area contributed by atoms with Crippen molar-refractivity contribution in [2.75, 3.05) is 26.8 Å². The lowest BCUT2D eigenvalue weighted by molar-refractivity contribution is 0.269. The minimum absolute atomic E-state index is 0.248. The second kappa shape index (κ2) is 8.40. The molecule has 0 aliphatic carbocycles. The van der Waals surface area contributed by atoms with E-state index in [-0.39, 0.29) is 6.61 Å². The van der Waals surface area contributed by atoms with Crippen molar-refractivity contribution in [1.82, 2.24) is 4.31 Å². The lowest BCUT2D eigenvalue weighted by Gasteiger charge is -2.22. The van der Waals surface area contributed by atoms with Crippen LogP contribution in [-0.4, -0.2) is 36.2 Å². The monoisotopic (exact) mass is 269 g/mol. The maximum Gasteiger partial charge on any atom is 0.118 e. The molecule has 1 aromatic carbocycles. The highest BCUT2D eigenvalue weighted by Crippen LogP contribution is 2.25. The number of aliphatic hydroxyl groups is 1. The van der Waals surface area contributed by atoms with Crippen molar-refractivity contribution >= 4 is 11.9 Å². The van der Waals surface area contributed by atoms with E-state index < -0.39 is 0 Å². The average Bonchev–Trinajstić information content (AvgIpc) is 2.36. The molecule has 0 aromatic heterocycles. The highest BCUT2D eigenvalue weighted by Gasteiger charge is 2.09. The molecule has 1 rings (SSSR count). The first-order valence-electron chi connectivity index (χ1n) is 6.33. The third-order valence-electron chi connectivity index (χ3n) is 2.43. The second-order valence-electron chi connectivity index (χ2n) is 4.63. The Morgan fingerprint density at radius 1 is 1.28 bits per heavy atom. The number of benzene rings is 1. The van der Waals surface area contributed by atoms with Crippen molar-refractivity contribution < 1.29 is 9.84 Å². The van der Waals surface area contributed by atoms with Gasteiger partial charge in [0.1, 0.15) is 5.75 Å². The molecule has 0 spiro atoms. The van der Waals surface area contributed by atoms with Gasteiger partial charge in [0.25, 0.3) is 0 Å². The molecule has 0 saturated heterocycles. The van der Waals surface area contributed by atoms with Gasteiger partial charge >= 0.3 is 0 Å². The van der Waals surface area contributed by atoms with Crippen molar-refractivity contribution in [3.8, 4) is 5.75 Å². The zero-order chi connectivity index (χ0) is 13.4. The summed E-state index contributed by atoms with van der Waals surface area (Å²) in [5.74, 6) is 1.50. The van der Waals surface area contributed by atoms with Crippen LogP contribution < -0.4 is 4.74 Å². The van der Waals surface area contributed by atoms with E-state index >= 15 is 0 Å². The molecule has 0 radical (unpaired) electrons. The average molecular weight is 269 g/mol. The molecule has 0 atom stereocenters. The van der Waals surface area contributed by atoms with Crippen LogP contribution in [0.15, 0.2) is 29.2 Å². The second-order valence-corrected chi connectivity index (χ2v) is 5.80. The van der Waals surface area contributed by atoms with Gasteiger partial charge in [-0.15, -0.1) is 0 Å². The summed E-state index contributed by atoms with van der Waals surface area (Å²) in [6.45, 7) is 6.60. The molecule has 0 amide bonds. The lowest BCUT2D eigenvalue weighted by atomic mass is 10.2. The minimum Gasteiger partial charge on any atom is -0.497 e. The van der Waals surface area contributed by atoms with Crippen LogP contribution in [0.1, 0.15) is 20.3 Å². The van der Waals surface area contributed by atoms with E-state index in [1.54, 1.807) is 19.1 Å². The fraction of sp³-hybridized carbons (Fsp3) is 0.571. The molecule has 18 heavy (non-hydrogen) atoms. The normalized spacial score (nSPS) is 11.2. The van der Waals surface area contributed by atoms with E-state index in [1.807, 2.05) is 12.1 Å². The van der Waals surface area contributed by atoms with Gasteiger partial charge < -0.3 is 9.84 Å². The highest BCUT2D eigenvalue weighted by atomic mass is 32.2. The zero-order valence-corrected chi connectivity index (χ0v) is 12.2. The van der Waals surface area contributed by atoms with Crippen molar-refractivity contribution in [2.24, 2.45) is 5.92 Å². The van der Waals surface area contributed by atoms with E-state index in [0.29, 0.717) is 5.92 Å². The van der Waals surface area contributed by atoms with Crippen LogP contribution in [0.3, 0.4) is 0 Å². The lowest BCUT2D eigenvalue weighted by Crippen LogP contribution is -2.22. The van der Waals surface area contributed by atoms with Crippen molar-refractivity contribution in [3.63, 3.8) is 0 Å². The Kier molecular flexibility index (Phi) is 7.16. The number of nitrogens with zero attached hydrogens (tertiary/aromatic N) is 1. The number of aliphatic hydroxyl groups excluding tert-OH is 1. The largest absolute Gasteiger partial charge is 0.497 e. The molecule has 3 nitrogen and oxygen atoms in total. The smallest absolute Gasteiger partial charge is 0.118 e. The van der Waals surface area contributed by atoms with E-state index in [1.165, 1.54) is 4.90 Å². The van der Waals surface area contributed by atoms with Gasteiger partial charge in [-0.2, -0.15) is 0 Å². The Morgan fingerprint density at radius 2 is 1.94 bits per heavy atom. The van der Waals surface area contributed by atoms with E-state index in [9.17, 15) is 0 Å². The molecule has 0 fully saturated rings. The summed E-state index contributed by atoms with van der Waals surface area (Å²) in [6.07, 6.45) is 0.815. The SMILES string of the molecule is COc1ccc(SN(CCCO)CC(C)C)cc1. The first-order chi connectivity index (χ1) is 8.65. The molecule has 0 heterocycles. The van der Waals surface area contributed by atoms with Gasteiger partial charge in [-0.1, -0.05) is 13.8 Å². The standard InChI is InChI=1S/C14H23NO2S/c1-12(2)11-15(9-4-10-16)18-14-7-5-13(17-3)6-8-14/h5-8,12,16H,4,9-11H2,1-3H3. The Hall–Kier alpha value is -0.710. The quantitative estimate of drug-likeness (QED) is 0.735. The van der Waals surface area contributed by atoms with Gasteiger partial charge in [0.2, 0.25) is 0 Å². The summed E-state index contributed by atoms with van der Waals surface area (Å²) in [7, 11) is 1.68. The minimum atomic E-state index is 0.248. The molecule has 0 bridgehead atoms. The maximum atomic E-state index is 8.93. The number of hydrogen-bond donors (Lipinski definition) is 1. The molecule has 0 unspecified atom stereocenters. The molecule has 1 N–H and O–H groups in total. The van der Waals surface area contributed by atoms with E-state index in [2.05, 4.69) is 30.3 Å². The molecule has 0 aliphatic rings. The molecule has 102 valence electrons. The Labute approximate surface area is 114 Å². The summed E-state index contributed by atoms with van der Waals surface area (Å²) < 4.78 is 7.46. The molecule has 4 heteroatoms. The van der Waals surface area contributed by atoms with Crippen LogP contribution in [0.5, 0.6) is 5.75 Å². The van der Waals surface area contributed by atoms with Crippen LogP contribution in [0.4, 0.5) is 0 Å². The van der Waals surface area contributed by atoms with Crippen LogP contribution in [0, 0.1) is 5.92 Å². The number of rotatable bonds is 8. The van der Waals surface area contributed by atoms with Crippen LogP contribution in [-0.2, 0) is 0 Å². The summed E-state index contributed by atoms with van der Waals surface area (Å²) in [4.78, 5) is 1.20. The van der Waals surface area contributed by atoms with Gasteiger partial charge in [0.05, 0.1) is 7.11 Å². The topological polar surface area (TPSA) is 32.7 Å². The van der Waals surface area contributed by atoms with Gasteiger partial charge in [-0.25, -0.2) is 4.31 Å². The van der Waals surface area contributed by atoms with Crippen LogP contribution in [0.2, 0.25) is 0 Å². The van der Waals surface area contributed by atoms with Gasteiger partial charge in [-0.05, 0) is 48.6 Å². The molecule has 0 aliphatic heterocycles. The summed E-state index contributed by atoms with van der Waals surface area (Å²) in [6, 6.07) is 8.08. The third-order valence-corrected chi connectivity index (χ3v) is 3.50. The Morgan fingerprint density at radius 3 is 2.44 bits per heavy atom. The van der Waals surface area contributed by atoms with Crippen molar-refractivity contribution in [2.45, 2.75) is 25.2 Å². The molecular weight excluding hydrogens is 246 g/mol. The fourth-order valence-electron chi connectivity index (χ4n) is 1.61. The van der Waals surface area contributed by atoms with Gasteiger partial charge in [-0.3, -0.25) is 0 Å². The van der Waals surface area contributed by atoms with Gasteiger partial charge in [0.15, 0.2) is 0 Å². The summed E-state index contributed by atoms with van der Waals surface area (Å²) >= 11 is 1.74. The van der Waals surface area contributed by atoms with E-state index in [0.717, 1.165) is 25.3 Å². The third kappa shape index (κ3) is 5.76. The zero-order valence-electron chi connectivity index (χ0n) is 11.4. The van der Waals surface area contributed by atoms with Crippen molar-refractivity contribution in [1.29, 1.82) is 0 Å². The summed E-state index contributed by atoms with van der Waals surface area (Å²) in [5, 5.41) is 8.93. The number of hydrogen-bond acceptors (Lipinski definition) is 4.